The van der Waals surface area contributed by atoms with E-state index >= 15 is 0 Å². The summed E-state index contributed by atoms with van der Waals surface area (Å²) in [6.07, 6.45) is 11.1. The number of amides is 1. The standard InChI is InChI=1S/C18H29N3O2S/c22-16(20-21-17(24)19-11-15-2-1-3-23-15)10-18-7-12-4-13(8-18)6-14(5-12)9-18/h12-15H,1-11H2,(H,20,22)(H2,19,21,24)/t12?,13?,14?,15-,18?/m1/s1. The summed E-state index contributed by atoms with van der Waals surface area (Å²) in [5.74, 6) is 2.72. The molecule has 24 heavy (non-hydrogen) atoms. The van der Waals surface area contributed by atoms with Crippen LogP contribution < -0.4 is 16.2 Å². The number of hydrogen-bond acceptors (Lipinski definition) is 3. The molecule has 5 nitrogen and oxygen atoms in total. The van der Waals surface area contributed by atoms with Gasteiger partial charge >= 0.3 is 0 Å². The Morgan fingerprint density at radius 1 is 1.08 bits per heavy atom. The summed E-state index contributed by atoms with van der Waals surface area (Å²) in [5, 5.41) is 3.60. The smallest absolute Gasteiger partial charge is 0.238 e. The third-order valence-corrected chi connectivity index (χ3v) is 6.78. The van der Waals surface area contributed by atoms with Crippen LogP contribution in [0.2, 0.25) is 0 Å². The molecule has 0 aromatic heterocycles. The Labute approximate surface area is 149 Å². The van der Waals surface area contributed by atoms with Crippen molar-refractivity contribution in [1.29, 1.82) is 0 Å². The third-order valence-electron chi connectivity index (χ3n) is 6.53. The van der Waals surface area contributed by atoms with E-state index in [9.17, 15) is 4.79 Å². The first-order chi connectivity index (χ1) is 11.6. The van der Waals surface area contributed by atoms with Gasteiger partial charge in [-0.3, -0.25) is 15.6 Å². The normalized spacial score (nSPS) is 39.7. The van der Waals surface area contributed by atoms with Crippen LogP contribution in [0.25, 0.3) is 0 Å². The molecule has 134 valence electrons. The molecule has 5 fully saturated rings. The van der Waals surface area contributed by atoms with Crippen LogP contribution >= 0.6 is 12.2 Å². The van der Waals surface area contributed by atoms with Gasteiger partial charge in [0.25, 0.3) is 0 Å². The SMILES string of the molecule is O=C(CC12CC3CC(CC(C3)C1)C2)NNC(=S)NC[C@H]1CCCO1. The molecule has 4 aliphatic carbocycles. The molecule has 4 saturated carbocycles. The molecule has 4 bridgehead atoms. The van der Waals surface area contributed by atoms with Crippen LogP contribution in [0.4, 0.5) is 0 Å². The zero-order valence-electron chi connectivity index (χ0n) is 14.3. The van der Waals surface area contributed by atoms with Gasteiger partial charge in [0, 0.05) is 19.6 Å². The molecule has 0 aromatic carbocycles. The van der Waals surface area contributed by atoms with Crippen LogP contribution in [-0.4, -0.2) is 30.3 Å². The van der Waals surface area contributed by atoms with Gasteiger partial charge in [0.15, 0.2) is 5.11 Å². The third kappa shape index (κ3) is 3.69. The van der Waals surface area contributed by atoms with Crippen LogP contribution in [0.3, 0.4) is 0 Å². The van der Waals surface area contributed by atoms with Gasteiger partial charge in [-0.1, -0.05) is 0 Å². The van der Waals surface area contributed by atoms with Crippen molar-refractivity contribution in [3.05, 3.63) is 0 Å². The average molecular weight is 352 g/mol. The van der Waals surface area contributed by atoms with Crippen LogP contribution in [-0.2, 0) is 9.53 Å². The molecule has 0 radical (unpaired) electrons. The van der Waals surface area contributed by atoms with Gasteiger partial charge in [0.2, 0.25) is 5.91 Å². The molecule has 1 atom stereocenters. The van der Waals surface area contributed by atoms with Crippen molar-refractivity contribution in [2.24, 2.45) is 23.2 Å². The van der Waals surface area contributed by atoms with Crippen LogP contribution in [0.5, 0.6) is 0 Å². The van der Waals surface area contributed by atoms with Crippen molar-refractivity contribution >= 4 is 23.2 Å². The lowest BCUT2D eigenvalue weighted by atomic mass is 9.49. The predicted octanol–water partition coefficient (Wildman–Crippen LogP) is 2.27. The number of hydrazine groups is 1. The molecule has 1 heterocycles. The maximum Gasteiger partial charge on any atom is 0.238 e. The molecular weight excluding hydrogens is 322 g/mol. The molecule has 0 aromatic rings. The number of thiocarbonyl (C=S) groups is 1. The van der Waals surface area contributed by atoms with Gasteiger partial charge in [-0.15, -0.1) is 0 Å². The first kappa shape index (κ1) is 16.6. The lowest BCUT2D eigenvalue weighted by Crippen LogP contribution is -2.51. The number of ether oxygens (including phenoxy) is 1. The van der Waals surface area contributed by atoms with E-state index in [-0.39, 0.29) is 17.4 Å². The largest absolute Gasteiger partial charge is 0.376 e. The Morgan fingerprint density at radius 3 is 2.33 bits per heavy atom. The van der Waals surface area contributed by atoms with E-state index in [0.717, 1.165) is 37.2 Å². The summed E-state index contributed by atoms with van der Waals surface area (Å²) in [6, 6.07) is 0. The maximum atomic E-state index is 12.4. The predicted molar refractivity (Wildman–Crippen MR) is 96.1 cm³/mol. The molecule has 1 aliphatic heterocycles. The summed E-state index contributed by atoms with van der Waals surface area (Å²) in [5.41, 5.74) is 5.92. The van der Waals surface area contributed by atoms with Crippen molar-refractivity contribution in [3.8, 4) is 0 Å². The number of hydrogen-bond donors (Lipinski definition) is 3. The highest BCUT2D eigenvalue weighted by Crippen LogP contribution is 2.61. The summed E-state index contributed by atoms with van der Waals surface area (Å²) >= 11 is 5.23. The summed E-state index contributed by atoms with van der Waals surface area (Å²) in [6.45, 7) is 1.55. The molecule has 3 N–H and O–H groups in total. The average Bonchev–Trinajstić information content (AvgIpc) is 3.02. The van der Waals surface area contributed by atoms with E-state index in [1.807, 2.05) is 0 Å². The summed E-state index contributed by atoms with van der Waals surface area (Å²) in [7, 11) is 0. The fourth-order valence-electron chi connectivity index (χ4n) is 6.07. The fraction of sp³-hybridized carbons (Fsp3) is 0.889. The van der Waals surface area contributed by atoms with Gasteiger partial charge in [-0.25, -0.2) is 0 Å². The Bertz CT molecular complexity index is 469. The molecule has 0 unspecified atom stereocenters. The van der Waals surface area contributed by atoms with Crippen molar-refractivity contribution in [2.75, 3.05) is 13.2 Å². The molecule has 0 spiro atoms. The summed E-state index contributed by atoms with van der Waals surface area (Å²) in [4.78, 5) is 12.4. The van der Waals surface area contributed by atoms with E-state index < -0.39 is 0 Å². The van der Waals surface area contributed by atoms with Gasteiger partial charge in [0.05, 0.1) is 6.10 Å². The highest BCUT2D eigenvalue weighted by atomic mass is 32.1. The zero-order chi connectivity index (χ0) is 16.6. The van der Waals surface area contributed by atoms with Gasteiger partial charge in [0.1, 0.15) is 0 Å². The number of carbonyl (C=O) groups excluding carboxylic acids is 1. The van der Waals surface area contributed by atoms with E-state index in [1.165, 1.54) is 38.5 Å². The zero-order valence-corrected chi connectivity index (χ0v) is 15.1. The Hall–Kier alpha value is -0.880. The monoisotopic (exact) mass is 351 g/mol. The van der Waals surface area contributed by atoms with E-state index in [1.54, 1.807) is 0 Å². The number of carbonyl (C=O) groups is 1. The molecule has 1 amide bonds. The van der Waals surface area contributed by atoms with Gasteiger partial charge in [-0.05, 0) is 86.8 Å². The Balaban J connectivity index is 1.20. The molecule has 5 rings (SSSR count). The van der Waals surface area contributed by atoms with Gasteiger partial charge < -0.3 is 10.1 Å². The quantitative estimate of drug-likeness (QED) is 0.536. The molecule has 1 saturated heterocycles. The van der Waals surface area contributed by atoms with E-state index in [2.05, 4.69) is 16.2 Å². The van der Waals surface area contributed by atoms with E-state index in [4.69, 9.17) is 17.0 Å². The molecule has 5 aliphatic rings. The van der Waals surface area contributed by atoms with Crippen molar-refractivity contribution in [2.45, 2.75) is 63.9 Å². The van der Waals surface area contributed by atoms with Crippen molar-refractivity contribution in [3.63, 3.8) is 0 Å². The minimum atomic E-state index is 0.0817. The summed E-state index contributed by atoms with van der Waals surface area (Å²) < 4.78 is 5.55. The second-order valence-corrected chi connectivity index (χ2v) is 9.02. The van der Waals surface area contributed by atoms with Crippen LogP contribution in [0.1, 0.15) is 57.8 Å². The first-order valence-electron chi connectivity index (χ1n) is 9.54. The second-order valence-electron chi connectivity index (χ2n) is 8.61. The number of rotatable bonds is 4. The Morgan fingerprint density at radius 2 is 1.75 bits per heavy atom. The lowest BCUT2D eigenvalue weighted by molar-refractivity contribution is -0.130. The van der Waals surface area contributed by atoms with Gasteiger partial charge in [-0.2, -0.15) is 0 Å². The number of nitrogens with one attached hydrogen (secondary N) is 3. The lowest BCUT2D eigenvalue weighted by Gasteiger charge is -2.56. The minimum Gasteiger partial charge on any atom is -0.376 e. The second kappa shape index (κ2) is 6.79. The molecular formula is C18H29N3O2S. The van der Waals surface area contributed by atoms with E-state index in [0.29, 0.717) is 18.1 Å². The van der Waals surface area contributed by atoms with Crippen molar-refractivity contribution < 1.29 is 9.53 Å². The maximum absolute atomic E-state index is 12.4. The van der Waals surface area contributed by atoms with Crippen LogP contribution in [0, 0.1) is 23.2 Å². The topological polar surface area (TPSA) is 62.4 Å². The van der Waals surface area contributed by atoms with Crippen molar-refractivity contribution in [1.82, 2.24) is 16.2 Å². The Kier molecular flexibility index (Phi) is 4.69. The van der Waals surface area contributed by atoms with Crippen LogP contribution in [0.15, 0.2) is 0 Å². The highest BCUT2D eigenvalue weighted by molar-refractivity contribution is 7.80. The fourth-order valence-corrected chi connectivity index (χ4v) is 6.21. The molecule has 6 heteroatoms. The minimum absolute atomic E-state index is 0.0817. The first-order valence-corrected chi connectivity index (χ1v) is 9.95. The highest BCUT2D eigenvalue weighted by Gasteiger charge is 2.51.